The van der Waals surface area contributed by atoms with Crippen molar-refractivity contribution in [2.24, 2.45) is 11.7 Å². The van der Waals surface area contributed by atoms with Crippen LogP contribution in [0.3, 0.4) is 0 Å². The number of rotatable bonds is 1. The second-order valence-corrected chi connectivity index (χ2v) is 4.01. The van der Waals surface area contributed by atoms with Crippen LogP contribution in [0.1, 0.15) is 19.3 Å². The molecule has 2 aliphatic rings. The quantitative estimate of drug-likeness (QED) is 0.633. The van der Waals surface area contributed by atoms with Crippen LogP contribution in [0.5, 0.6) is 0 Å². The van der Waals surface area contributed by atoms with Crippen LogP contribution in [0, 0.1) is 5.92 Å². The van der Waals surface area contributed by atoms with Crippen molar-refractivity contribution < 1.29 is 0 Å². The Labute approximate surface area is 79.9 Å². The van der Waals surface area contributed by atoms with Crippen molar-refractivity contribution in [2.75, 3.05) is 13.1 Å². The fourth-order valence-corrected chi connectivity index (χ4v) is 2.09. The van der Waals surface area contributed by atoms with Gasteiger partial charge in [0.05, 0.1) is 0 Å². The first kappa shape index (κ1) is 8.97. The number of nitrogens with two attached hydrogens (primary N) is 1. The zero-order valence-electron chi connectivity index (χ0n) is 8.00. The second kappa shape index (κ2) is 4.07. The molecule has 2 heteroatoms. The summed E-state index contributed by atoms with van der Waals surface area (Å²) in [6.07, 6.45) is 10.3. The van der Waals surface area contributed by atoms with E-state index in [1.807, 2.05) is 0 Å². The van der Waals surface area contributed by atoms with E-state index < -0.39 is 0 Å². The van der Waals surface area contributed by atoms with Crippen LogP contribution in [0.25, 0.3) is 0 Å². The van der Waals surface area contributed by atoms with Crippen LogP contribution in [-0.4, -0.2) is 19.1 Å². The molecule has 3 N–H and O–H groups in total. The van der Waals surface area contributed by atoms with E-state index in [1.165, 1.54) is 25.0 Å². The van der Waals surface area contributed by atoms with Crippen molar-refractivity contribution in [3.8, 4) is 0 Å². The average Bonchev–Trinajstić information content (AvgIpc) is 2.20. The summed E-state index contributed by atoms with van der Waals surface area (Å²) in [5.41, 5.74) is 7.27. The molecule has 0 aromatic rings. The number of allylic oxidation sites excluding steroid dienone is 1. The summed E-state index contributed by atoms with van der Waals surface area (Å²) in [5, 5.41) is 3.44. The third-order valence-electron chi connectivity index (χ3n) is 2.93. The van der Waals surface area contributed by atoms with E-state index in [-0.39, 0.29) is 6.04 Å². The number of piperidine rings is 1. The lowest BCUT2D eigenvalue weighted by Crippen LogP contribution is -2.31. The Hall–Kier alpha value is -0.600. The minimum atomic E-state index is 0.250. The third kappa shape index (κ3) is 2.20. The van der Waals surface area contributed by atoms with Gasteiger partial charge in [0.25, 0.3) is 0 Å². The first-order valence-corrected chi connectivity index (χ1v) is 5.21. The molecule has 1 heterocycles. The van der Waals surface area contributed by atoms with Crippen molar-refractivity contribution in [3.05, 3.63) is 23.8 Å². The molecular formula is C11H18N2. The van der Waals surface area contributed by atoms with E-state index in [2.05, 4.69) is 23.5 Å². The molecule has 2 rings (SSSR count). The maximum atomic E-state index is 5.78. The van der Waals surface area contributed by atoms with E-state index in [4.69, 9.17) is 5.73 Å². The molecule has 0 radical (unpaired) electrons. The van der Waals surface area contributed by atoms with Gasteiger partial charge in [-0.1, -0.05) is 18.2 Å². The first-order chi connectivity index (χ1) is 6.36. The van der Waals surface area contributed by atoms with Gasteiger partial charge >= 0.3 is 0 Å². The van der Waals surface area contributed by atoms with Crippen LogP contribution in [0.2, 0.25) is 0 Å². The van der Waals surface area contributed by atoms with Gasteiger partial charge in [-0.2, -0.15) is 0 Å². The standard InChI is InChI=1S/C11H18N2/c12-11-5-3-9(4-6-11)10-2-1-7-13-8-10/h3-5,10-11,13H,1-2,6-8,12H2. The molecule has 13 heavy (non-hydrogen) atoms. The summed E-state index contributed by atoms with van der Waals surface area (Å²) in [5.74, 6) is 0.734. The van der Waals surface area contributed by atoms with Crippen molar-refractivity contribution >= 4 is 0 Å². The van der Waals surface area contributed by atoms with Gasteiger partial charge in [-0.25, -0.2) is 0 Å². The molecule has 0 spiro atoms. The lowest BCUT2D eigenvalue weighted by Gasteiger charge is -2.25. The molecule has 2 unspecified atom stereocenters. The summed E-state index contributed by atoms with van der Waals surface area (Å²) < 4.78 is 0. The molecule has 1 saturated heterocycles. The zero-order valence-corrected chi connectivity index (χ0v) is 8.00. The molecule has 0 amide bonds. The first-order valence-electron chi connectivity index (χ1n) is 5.21. The molecule has 72 valence electrons. The molecule has 1 aliphatic carbocycles. The van der Waals surface area contributed by atoms with Crippen molar-refractivity contribution in [1.29, 1.82) is 0 Å². The lowest BCUT2D eigenvalue weighted by atomic mass is 9.87. The van der Waals surface area contributed by atoms with E-state index in [1.54, 1.807) is 0 Å². The average molecular weight is 178 g/mol. The summed E-state index contributed by atoms with van der Waals surface area (Å²) in [4.78, 5) is 0. The molecule has 0 aromatic carbocycles. The molecule has 1 aliphatic heterocycles. The Morgan fingerprint density at radius 3 is 3.00 bits per heavy atom. The van der Waals surface area contributed by atoms with E-state index in [0.717, 1.165) is 18.9 Å². The maximum Gasteiger partial charge on any atom is 0.0262 e. The summed E-state index contributed by atoms with van der Waals surface area (Å²) in [7, 11) is 0. The van der Waals surface area contributed by atoms with Gasteiger partial charge in [0.2, 0.25) is 0 Å². The molecule has 1 fully saturated rings. The fraction of sp³-hybridized carbons (Fsp3) is 0.636. The van der Waals surface area contributed by atoms with Gasteiger partial charge in [0.15, 0.2) is 0 Å². The van der Waals surface area contributed by atoms with Gasteiger partial charge in [-0.05, 0) is 37.3 Å². The lowest BCUT2D eigenvalue weighted by molar-refractivity contribution is 0.425. The maximum absolute atomic E-state index is 5.78. The third-order valence-corrected chi connectivity index (χ3v) is 2.93. The summed E-state index contributed by atoms with van der Waals surface area (Å²) >= 11 is 0. The Morgan fingerprint density at radius 1 is 1.46 bits per heavy atom. The normalized spacial score (nSPS) is 34.4. The number of hydrogen-bond donors (Lipinski definition) is 2. The van der Waals surface area contributed by atoms with E-state index in [0.29, 0.717) is 0 Å². The highest BCUT2D eigenvalue weighted by Crippen LogP contribution is 2.23. The summed E-state index contributed by atoms with van der Waals surface area (Å²) in [6, 6.07) is 0.250. The molecular weight excluding hydrogens is 160 g/mol. The highest BCUT2D eigenvalue weighted by molar-refractivity contribution is 5.27. The van der Waals surface area contributed by atoms with Gasteiger partial charge in [-0.3, -0.25) is 0 Å². The zero-order chi connectivity index (χ0) is 9.10. The highest BCUT2D eigenvalue weighted by Gasteiger charge is 2.17. The van der Waals surface area contributed by atoms with Crippen LogP contribution >= 0.6 is 0 Å². The van der Waals surface area contributed by atoms with Gasteiger partial charge in [0, 0.05) is 12.6 Å². The molecule has 0 bridgehead atoms. The van der Waals surface area contributed by atoms with E-state index >= 15 is 0 Å². The molecule has 2 atom stereocenters. The van der Waals surface area contributed by atoms with Crippen LogP contribution in [-0.2, 0) is 0 Å². The Balaban J connectivity index is 1.96. The van der Waals surface area contributed by atoms with Crippen LogP contribution in [0.15, 0.2) is 23.8 Å². The van der Waals surface area contributed by atoms with Crippen LogP contribution < -0.4 is 11.1 Å². The number of nitrogens with one attached hydrogen (secondary N) is 1. The van der Waals surface area contributed by atoms with Crippen molar-refractivity contribution in [2.45, 2.75) is 25.3 Å². The van der Waals surface area contributed by atoms with Crippen molar-refractivity contribution in [1.82, 2.24) is 5.32 Å². The highest BCUT2D eigenvalue weighted by atomic mass is 14.9. The van der Waals surface area contributed by atoms with Gasteiger partial charge < -0.3 is 11.1 Å². The fourth-order valence-electron chi connectivity index (χ4n) is 2.09. The van der Waals surface area contributed by atoms with Gasteiger partial charge in [-0.15, -0.1) is 0 Å². The Bertz CT molecular complexity index is 224. The predicted octanol–water partition coefficient (Wildman–Crippen LogP) is 1.20. The SMILES string of the molecule is NC1C=CC(C2CCCNC2)=CC1. The number of hydrogen-bond acceptors (Lipinski definition) is 2. The Kier molecular flexibility index (Phi) is 2.81. The minimum Gasteiger partial charge on any atom is -0.324 e. The van der Waals surface area contributed by atoms with Gasteiger partial charge in [0.1, 0.15) is 0 Å². The van der Waals surface area contributed by atoms with E-state index in [9.17, 15) is 0 Å². The molecule has 2 nitrogen and oxygen atoms in total. The predicted molar refractivity (Wildman–Crippen MR) is 55.4 cm³/mol. The summed E-state index contributed by atoms with van der Waals surface area (Å²) in [6.45, 7) is 2.33. The topological polar surface area (TPSA) is 38.0 Å². The smallest absolute Gasteiger partial charge is 0.0262 e. The molecule has 0 saturated carbocycles. The van der Waals surface area contributed by atoms with Crippen molar-refractivity contribution in [3.63, 3.8) is 0 Å². The second-order valence-electron chi connectivity index (χ2n) is 4.01. The van der Waals surface area contributed by atoms with Crippen LogP contribution in [0.4, 0.5) is 0 Å². The minimum absolute atomic E-state index is 0.250. The monoisotopic (exact) mass is 178 g/mol. The molecule has 0 aromatic heterocycles. The largest absolute Gasteiger partial charge is 0.324 e. The Morgan fingerprint density at radius 2 is 2.38 bits per heavy atom.